The van der Waals surface area contributed by atoms with E-state index in [0.717, 1.165) is 12.1 Å². The van der Waals surface area contributed by atoms with Gasteiger partial charge in [-0.05, 0) is 57.9 Å². The van der Waals surface area contributed by atoms with E-state index in [1.165, 1.54) is 17.0 Å². The summed E-state index contributed by atoms with van der Waals surface area (Å²) in [5.41, 5.74) is -0.803. The molecule has 26 heavy (non-hydrogen) atoms. The number of benzene rings is 1. The number of amides is 1. The summed E-state index contributed by atoms with van der Waals surface area (Å²) in [6, 6.07) is 4.33. The number of rotatable bonds is 3. The Kier molecular flexibility index (Phi) is 6.05. The van der Waals surface area contributed by atoms with Crippen LogP contribution in [0, 0.1) is 0 Å². The predicted octanol–water partition coefficient (Wildman–Crippen LogP) is 3.88. The molecule has 1 saturated heterocycles. The molecule has 1 aromatic carbocycles. The number of aliphatic hydroxyl groups excluding tert-OH is 1. The van der Waals surface area contributed by atoms with Gasteiger partial charge in [0.15, 0.2) is 0 Å². The van der Waals surface area contributed by atoms with Crippen molar-refractivity contribution in [3.8, 4) is 0 Å². The summed E-state index contributed by atoms with van der Waals surface area (Å²) in [6.07, 6.45) is -3.61. The number of ether oxygens (including phenoxy) is 1. The van der Waals surface area contributed by atoms with Gasteiger partial charge in [-0.25, -0.2) is 4.79 Å². The zero-order valence-electron chi connectivity index (χ0n) is 15.1. The van der Waals surface area contributed by atoms with E-state index in [2.05, 4.69) is 5.32 Å². The van der Waals surface area contributed by atoms with Gasteiger partial charge in [-0.15, -0.1) is 0 Å². The zero-order chi connectivity index (χ0) is 19.5. The molecule has 1 amide bonds. The van der Waals surface area contributed by atoms with Crippen LogP contribution in [0.3, 0.4) is 0 Å². The Balaban J connectivity index is 2.03. The molecule has 0 unspecified atom stereocenters. The summed E-state index contributed by atoms with van der Waals surface area (Å²) in [4.78, 5) is 13.9. The molecule has 0 spiro atoms. The summed E-state index contributed by atoms with van der Waals surface area (Å²) in [5, 5.41) is 12.7. The van der Waals surface area contributed by atoms with Crippen LogP contribution in [0.1, 0.15) is 39.2 Å². The van der Waals surface area contributed by atoms with E-state index in [1.54, 1.807) is 20.8 Å². The highest BCUT2D eigenvalue weighted by molar-refractivity contribution is 5.69. The normalized spacial score (nSPS) is 21.4. The first-order valence-electron chi connectivity index (χ1n) is 8.54. The summed E-state index contributed by atoms with van der Waals surface area (Å²) in [6.45, 7) is 5.44. The van der Waals surface area contributed by atoms with Crippen molar-refractivity contribution in [2.75, 3.05) is 18.5 Å². The molecule has 1 aromatic rings. The van der Waals surface area contributed by atoms with Gasteiger partial charge < -0.3 is 20.1 Å². The van der Waals surface area contributed by atoms with Gasteiger partial charge >= 0.3 is 12.3 Å². The minimum atomic E-state index is -4.37. The molecule has 1 aliphatic heterocycles. The monoisotopic (exact) mass is 374 g/mol. The van der Waals surface area contributed by atoms with E-state index in [9.17, 15) is 23.1 Å². The second-order valence-corrected chi connectivity index (χ2v) is 7.46. The van der Waals surface area contributed by atoms with Crippen LogP contribution in [0.5, 0.6) is 0 Å². The Morgan fingerprint density at radius 2 is 1.85 bits per heavy atom. The lowest BCUT2D eigenvalue weighted by molar-refractivity contribution is -0.137. The number of nitrogens with zero attached hydrogens (tertiary/aromatic N) is 1. The van der Waals surface area contributed by atoms with Crippen molar-refractivity contribution in [2.24, 2.45) is 0 Å². The SMILES string of the molecule is CC(C)(C)OC(=O)N1C[C@H](Nc2ccc(C(F)(F)F)cc2)CC[C@H]1CO. The van der Waals surface area contributed by atoms with Gasteiger partial charge in [0.25, 0.3) is 0 Å². The van der Waals surface area contributed by atoms with Crippen molar-refractivity contribution in [1.82, 2.24) is 4.90 Å². The Morgan fingerprint density at radius 3 is 2.35 bits per heavy atom. The number of carbonyl (C=O) groups is 1. The van der Waals surface area contributed by atoms with Crippen molar-refractivity contribution >= 4 is 11.8 Å². The first-order chi connectivity index (χ1) is 12.0. The number of piperidine rings is 1. The largest absolute Gasteiger partial charge is 0.444 e. The number of anilines is 1. The van der Waals surface area contributed by atoms with Crippen LogP contribution in [0.4, 0.5) is 23.7 Å². The molecule has 0 saturated carbocycles. The minimum absolute atomic E-state index is 0.137. The van der Waals surface area contributed by atoms with Crippen molar-refractivity contribution < 1.29 is 27.8 Å². The smallest absolute Gasteiger partial charge is 0.416 e. The fourth-order valence-electron chi connectivity index (χ4n) is 2.87. The second kappa shape index (κ2) is 7.73. The molecule has 0 radical (unpaired) electrons. The van der Waals surface area contributed by atoms with Gasteiger partial charge in [-0.2, -0.15) is 13.2 Å². The van der Waals surface area contributed by atoms with Gasteiger partial charge in [0.05, 0.1) is 18.2 Å². The third-order valence-electron chi connectivity index (χ3n) is 4.13. The number of carbonyl (C=O) groups excluding carboxylic acids is 1. The lowest BCUT2D eigenvalue weighted by Gasteiger charge is -2.39. The van der Waals surface area contributed by atoms with Gasteiger partial charge in [0.1, 0.15) is 5.60 Å². The molecule has 5 nitrogen and oxygen atoms in total. The van der Waals surface area contributed by atoms with Crippen LogP contribution >= 0.6 is 0 Å². The fourth-order valence-corrected chi connectivity index (χ4v) is 2.87. The molecule has 2 atom stereocenters. The van der Waals surface area contributed by atoms with Gasteiger partial charge in [-0.1, -0.05) is 0 Å². The fraction of sp³-hybridized carbons (Fsp3) is 0.611. The predicted molar refractivity (Wildman–Crippen MR) is 91.9 cm³/mol. The molecule has 1 heterocycles. The Bertz CT molecular complexity index is 612. The average Bonchev–Trinajstić information content (AvgIpc) is 2.53. The van der Waals surface area contributed by atoms with Crippen molar-refractivity contribution in [3.63, 3.8) is 0 Å². The van der Waals surface area contributed by atoms with Crippen LogP contribution in [0.15, 0.2) is 24.3 Å². The topological polar surface area (TPSA) is 61.8 Å². The molecule has 2 rings (SSSR count). The number of hydrogen-bond donors (Lipinski definition) is 2. The third-order valence-corrected chi connectivity index (χ3v) is 4.13. The number of likely N-dealkylation sites (tertiary alicyclic amines) is 1. The van der Waals surface area contributed by atoms with E-state index >= 15 is 0 Å². The quantitative estimate of drug-likeness (QED) is 0.843. The zero-order valence-corrected chi connectivity index (χ0v) is 15.1. The van der Waals surface area contributed by atoms with E-state index in [0.29, 0.717) is 25.1 Å². The Hall–Kier alpha value is -1.96. The van der Waals surface area contributed by atoms with Crippen molar-refractivity contribution in [2.45, 2.75) is 57.5 Å². The van der Waals surface area contributed by atoms with E-state index in [-0.39, 0.29) is 18.7 Å². The maximum atomic E-state index is 12.6. The standard InChI is InChI=1S/C18H25F3N2O3/c1-17(2,3)26-16(25)23-10-14(8-9-15(23)11-24)22-13-6-4-12(5-7-13)18(19,20)21/h4-7,14-15,22,24H,8-11H2,1-3H3/t14-,15+/m1/s1. The van der Waals surface area contributed by atoms with Crippen LogP contribution in [0.2, 0.25) is 0 Å². The van der Waals surface area contributed by atoms with Crippen LogP contribution in [-0.2, 0) is 10.9 Å². The lowest BCUT2D eigenvalue weighted by Crippen LogP contribution is -2.53. The molecular formula is C18H25F3N2O3. The minimum Gasteiger partial charge on any atom is -0.444 e. The maximum absolute atomic E-state index is 12.6. The summed E-state index contributed by atoms with van der Waals surface area (Å²) in [7, 11) is 0. The number of halogens is 3. The van der Waals surface area contributed by atoms with Gasteiger partial charge in [0, 0.05) is 18.3 Å². The lowest BCUT2D eigenvalue weighted by atomic mass is 9.98. The van der Waals surface area contributed by atoms with Crippen LogP contribution in [-0.4, -0.2) is 46.9 Å². The second-order valence-electron chi connectivity index (χ2n) is 7.46. The Labute approximate surface area is 151 Å². The first kappa shape index (κ1) is 20.4. The third kappa shape index (κ3) is 5.52. The number of nitrogens with one attached hydrogen (secondary N) is 1. The molecule has 0 aliphatic carbocycles. The molecule has 0 bridgehead atoms. The maximum Gasteiger partial charge on any atom is 0.416 e. The summed E-state index contributed by atoms with van der Waals surface area (Å²) < 4.78 is 43.3. The average molecular weight is 374 g/mol. The van der Waals surface area contributed by atoms with Crippen molar-refractivity contribution in [1.29, 1.82) is 0 Å². The molecule has 0 aromatic heterocycles. The van der Waals surface area contributed by atoms with Gasteiger partial charge in [0.2, 0.25) is 0 Å². The summed E-state index contributed by atoms with van der Waals surface area (Å²) >= 11 is 0. The molecule has 1 fully saturated rings. The molecule has 146 valence electrons. The molecule has 2 N–H and O–H groups in total. The first-order valence-corrected chi connectivity index (χ1v) is 8.54. The molecular weight excluding hydrogens is 349 g/mol. The Morgan fingerprint density at radius 1 is 1.23 bits per heavy atom. The molecule has 1 aliphatic rings. The van der Waals surface area contributed by atoms with Gasteiger partial charge in [-0.3, -0.25) is 0 Å². The van der Waals surface area contributed by atoms with E-state index < -0.39 is 23.4 Å². The van der Waals surface area contributed by atoms with Crippen LogP contribution < -0.4 is 5.32 Å². The number of alkyl halides is 3. The summed E-state index contributed by atoms with van der Waals surface area (Å²) in [5.74, 6) is 0. The highest BCUT2D eigenvalue weighted by atomic mass is 19.4. The number of hydrogen-bond acceptors (Lipinski definition) is 4. The van der Waals surface area contributed by atoms with E-state index in [1.807, 2.05) is 0 Å². The van der Waals surface area contributed by atoms with E-state index in [4.69, 9.17) is 4.74 Å². The molecule has 8 heteroatoms. The van der Waals surface area contributed by atoms with Crippen molar-refractivity contribution in [3.05, 3.63) is 29.8 Å². The highest BCUT2D eigenvalue weighted by Gasteiger charge is 2.34. The highest BCUT2D eigenvalue weighted by Crippen LogP contribution is 2.30. The number of aliphatic hydroxyl groups is 1. The van der Waals surface area contributed by atoms with Crippen LogP contribution in [0.25, 0.3) is 0 Å².